The molecule has 536 valence electrons. The largest absolute Gasteiger partial charge is 0.311 e. The van der Waals surface area contributed by atoms with E-state index < -0.39 is 24.2 Å². The maximum Gasteiger partial charge on any atom is 0.252 e. The molecule has 2 aliphatic heterocycles. The van der Waals surface area contributed by atoms with Crippen LogP contribution in [0.15, 0.2) is 443 Å². The molecule has 0 saturated carbocycles. The lowest BCUT2D eigenvalue weighted by molar-refractivity contribution is 0.590. The summed E-state index contributed by atoms with van der Waals surface area (Å²) in [5.41, 5.74) is 17.5. The van der Waals surface area contributed by atoms with Crippen LogP contribution in [0.4, 0.5) is 34.1 Å². The SMILES string of the molecule is CC(C)(C)c1cccc(-c2ccc3c(c2)B2c4cc([Si](c5ccccc5)(c5ccccc5)c5ccccc5)ccc4N(c4ccccc4[Si](c4ccccc4)(c4ccccc4)c4ccccc4)c4cc(-n5c6ccccc6c6ccccc65)cc(c42)N3c2ccc([Si](c3ccccc3)(c3ccccc3)c3ccccc3)cc2)c1. The zero-order valence-electron chi connectivity index (χ0n) is 63.6. The van der Waals surface area contributed by atoms with Gasteiger partial charge in [0.15, 0.2) is 24.2 Å². The Labute approximate surface area is 666 Å². The molecule has 3 nitrogen and oxygen atoms in total. The second kappa shape index (κ2) is 28.3. The summed E-state index contributed by atoms with van der Waals surface area (Å²) >= 11 is 0. The topological polar surface area (TPSA) is 11.4 Å². The van der Waals surface area contributed by atoms with E-state index in [0.717, 1.165) is 50.8 Å². The van der Waals surface area contributed by atoms with E-state index in [1.54, 1.807) is 0 Å². The summed E-state index contributed by atoms with van der Waals surface area (Å²) < 4.78 is 2.55. The molecule has 0 N–H and O–H groups in total. The molecule has 0 fully saturated rings. The molecule has 0 spiro atoms. The Kier molecular flexibility index (Phi) is 17.3. The first-order chi connectivity index (χ1) is 55.7. The van der Waals surface area contributed by atoms with E-state index in [9.17, 15) is 0 Å². The average Bonchev–Trinajstić information content (AvgIpc) is 1.29. The lowest BCUT2D eigenvalue weighted by Gasteiger charge is -2.46. The van der Waals surface area contributed by atoms with Crippen LogP contribution in [-0.2, 0) is 5.41 Å². The zero-order valence-corrected chi connectivity index (χ0v) is 66.6. The molecule has 3 heterocycles. The highest BCUT2D eigenvalue weighted by atomic mass is 28.3. The molecule has 0 radical (unpaired) electrons. The van der Waals surface area contributed by atoms with Gasteiger partial charge in [0.1, 0.15) is 0 Å². The van der Waals surface area contributed by atoms with Gasteiger partial charge < -0.3 is 14.4 Å². The molecule has 113 heavy (non-hydrogen) atoms. The maximum absolute atomic E-state index is 3.34. The van der Waals surface area contributed by atoms with Crippen molar-refractivity contribution < 1.29 is 0 Å². The Bertz CT molecular complexity index is 6180. The molecule has 0 aliphatic carbocycles. The van der Waals surface area contributed by atoms with E-state index in [4.69, 9.17) is 0 Å². The second-order valence-electron chi connectivity index (χ2n) is 31.4. The van der Waals surface area contributed by atoms with E-state index in [1.807, 2.05) is 0 Å². The number of benzene rings is 17. The molecule has 20 rings (SSSR count). The van der Waals surface area contributed by atoms with Gasteiger partial charge >= 0.3 is 0 Å². The first-order valence-electron chi connectivity index (χ1n) is 39.6. The van der Waals surface area contributed by atoms with Crippen molar-refractivity contribution in [2.75, 3.05) is 9.80 Å². The lowest BCUT2D eigenvalue weighted by Crippen LogP contribution is -2.76. The van der Waals surface area contributed by atoms with Crippen LogP contribution in [0.1, 0.15) is 26.3 Å². The summed E-state index contributed by atoms with van der Waals surface area (Å²) in [6.07, 6.45) is 0. The highest BCUT2D eigenvalue weighted by Gasteiger charge is 2.51. The maximum atomic E-state index is 2.75. The van der Waals surface area contributed by atoms with Crippen LogP contribution in [0.25, 0.3) is 38.6 Å². The van der Waals surface area contributed by atoms with Crippen molar-refractivity contribution in [2.45, 2.75) is 26.2 Å². The molecule has 0 amide bonds. The van der Waals surface area contributed by atoms with Gasteiger partial charge in [0.25, 0.3) is 6.71 Å². The van der Waals surface area contributed by atoms with Crippen LogP contribution < -0.4 is 88.4 Å². The standard InChI is InChI=1S/C106H82BN3Si3/c1-106(2,3)79-39-37-38-77(72-79)78-64-70-99-95(73-78)107-96-76-92(112(85-46-19-7-20-47-85,86-48-21-8-22-49-86)87-50-23-9-24-51-87)69-71-100(96)110(101-62-35-36-63-104(101)113(88-52-25-10-26-53-88,89-54-27-11-28-55-89)90-56-29-12-30-57-90)103-75-81(109-97-60-33-31-58-93(97)94-59-32-34-61-98(94)109)74-102(105(103)107)108(99)80-65-67-91(68-66-80)111(82-40-13-4-14-41-82,83-42-15-5-16-43-83)84-44-17-6-18-45-84/h4-76H,1-3H3. The van der Waals surface area contributed by atoms with Crippen LogP contribution in [-0.4, -0.2) is 35.5 Å². The van der Waals surface area contributed by atoms with Gasteiger partial charge in [-0.1, -0.05) is 409 Å². The van der Waals surface area contributed by atoms with Crippen LogP contribution in [0, 0.1) is 0 Å². The second-order valence-corrected chi connectivity index (χ2v) is 42.7. The van der Waals surface area contributed by atoms with Gasteiger partial charge in [-0.05, 0) is 155 Å². The Hall–Kier alpha value is -13.1. The van der Waals surface area contributed by atoms with Crippen LogP contribution in [0.5, 0.6) is 0 Å². The minimum absolute atomic E-state index is 0.0792. The molecule has 2 aliphatic rings. The first kappa shape index (κ1) is 69.1. The van der Waals surface area contributed by atoms with Gasteiger partial charge in [0.05, 0.1) is 16.7 Å². The predicted octanol–water partition coefficient (Wildman–Crippen LogP) is 16.0. The number of hydrogen-bond donors (Lipinski definition) is 0. The smallest absolute Gasteiger partial charge is 0.252 e. The Morgan fingerprint density at radius 3 is 1.03 bits per heavy atom. The third kappa shape index (κ3) is 11.2. The molecule has 0 saturated heterocycles. The summed E-state index contributed by atoms with van der Waals surface area (Å²) in [5.74, 6) is 0. The fourth-order valence-electron chi connectivity index (χ4n) is 19.4. The number of nitrogens with zero attached hydrogens (tertiary/aromatic N) is 3. The highest BCUT2D eigenvalue weighted by Crippen LogP contribution is 2.47. The number of rotatable bonds is 16. The molecule has 1 aromatic heterocycles. The Balaban J connectivity index is 0.953. The fourth-order valence-corrected chi connectivity index (χ4v) is 33.9. The van der Waals surface area contributed by atoms with Crippen molar-refractivity contribution in [3.8, 4) is 16.8 Å². The molecular formula is C106H82BN3Si3. The van der Waals surface area contributed by atoms with E-state index in [0.29, 0.717) is 0 Å². The number of anilines is 6. The van der Waals surface area contributed by atoms with Crippen molar-refractivity contribution in [3.05, 3.63) is 448 Å². The van der Waals surface area contributed by atoms with E-state index in [-0.39, 0.29) is 12.1 Å². The number of aromatic nitrogens is 1. The average molecular weight is 1490 g/mol. The van der Waals surface area contributed by atoms with Gasteiger partial charge in [0, 0.05) is 44.9 Å². The molecule has 18 aromatic rings. The van der Waals surface area contributed by atoms with Crippen LogP contribution in [0.2, 0.25) is 0 Å². The zero-order chi connectivity index (χ0) is 75.7. The first-order valence-corrected chi connectivity index (χ1v) is 45.6. The number of hydrogen-bond acceptors (Lipinski definition) is 2. The quantitative estimate of drug-likeness (QED) is 0.0706. The van der Waals surface area contributed by atoms with E-state index in [2.05, 4.69) is 478 Å². The van der Waals surface area contributed by atoms with Crippen molar-refractivity contribution >= 4 is 165 Å². The van der Waals surface area contributed by atoms with E-state index >= 15 is 0 Å². The van der Waals surface area contributed by atoms with Crippen molar-refractivity contribution in [1.82, 2.24) is 4.57 Å². The summed E-state index contributed by atoms with van der Waals surface area (Å²) in [5, 5.41) is 18.3. The molecular weight excluding hydrogens is 1410 g/mol. The summed E-state index contributed by atoms with van der Waals surface area (Å²) in [6, 6.07) is 170. The third-order valence-electron chi connectivity index (χ3n) is 24.4. The van der Waals surface area contributed by atoms with Crippen molar-refractivity contribution in [1.29, 1.82) is 0 Å². The van der Waals surface area contributed by atoms with Gasteiger partial charge in [-0.15, -0.1) is 0 Å². The molecule has 0 bridgehead atoms. The minimum Gasteiger partial charge on any atom is -0.311 e. The van der Waals surface area contributed by atoms with Gasteiger partial charge in [0.2, 0.25) is 0 Å². The van der Waals surface area contributed by atoms with Crippen molar-refractivity contribution in [2.24, 2.45) is 0 Å². The summed E-state index contributed by atoms with van der Waals surface area (Å²) in [7, 11) is -9.55. The third-order valence-corrected chi connectivity index (χ3v) is 38.8. The van der Waals surface area contributed by atoms with Crippen molar-refractivity contribution in [3.63, 3.8) is 0 Å². The van der Waals surface area contributed by atoms with Crippen LogP contribution >= 0.6 is 0 Å². The van der Waals surface area contributed by atoms with Gasteiger partial charge in [-0.3, -0.25) is 0 Å². The predicted molar refractivity (Wildman–Crippen MR) is 490 cm³/mol. The van der Waals surface area contributed by atoms with Crippen LogP contribution in [0.3, 0.4) is 0 Å². The van der Waals surface area contributed by atoms with Gasteiger partial charge in [-0.25, -0.2) is 0 Å². The highest BCUT2D eigenvalue weighted by molar-refractivity contribution is 7.21. The van der Waals surface area contributed by atoms with E-state index in [1.165, 1.54) is 106 Å². The molecule has 17 aromatic carbocycles. The molecule has 7 heteroatoms. The summed E-state index contributed by atoms with van der Waals surface area (Å²) in [4.78, 5) is 5.40. The molecule has 0 unspecified atom stereocenters. The summed E-state index contributed by atoms with van der Waals surface area (Å²) in [6.45, 7) is 6.69. The normalized spacial score (nSPS) is 12.7. The monoisotopic (exact) mass is 1490 g/mol. The lowest BCUT2D eigenvalue weighted by atomic mass is 9.33. The number of fused-ring (bicyclic) bond motifs is 7. The Morgan fingerprint density at radius 1 is 0.230 bits per heavy atom. The Morgan fingerprint density at radius 2 is 0.575 bits per heavy atom. The van der Waals surface area contributed by atoms with Gasteiger partial charge in [-0.2, -0.15) is 0 Å². The minimum atomic E-state index is -3.34. The fraction of sp³-hybridized carbons (Fsp3) is 0.0377. The molecule has 0 atom stereocenters. The number of para-hydroxylation sites is 3.